The number of para-hydroxylation sites is 3. The third-order valence-electron chi connectivity index (χ3n) is 8.71. The van der Waals surface area contributed by atoms with E-state index >= 15 is 0 Å². The standard InChI is InChI=1S/C36H37N7O6/c37-26(13-20-16-38-27-10-4-1-7-23(20)27)33(45)41-30(14-21-17-39-28-11-5-2-8-24(21)28)34(46)42-31(35(47)43-32(19-44)36(48)49)15-22-18-40-29-12-6-3-9-25(22)29/h1-12,16-18,26,30-32,38-40,44H,13-15,19,37H2,(H,41,45)(H,42,46)(H,43,47)(H,48,49). The van der Waals surface area contributed by atoms with Gasteiger partial charge in [-0.15, -0.1) is 0 Å². The lowest BCUT2D eigenvalue weighted by molar-refractivity contribution is -0.143. The summed E-state index contributed by atoms with van der Waals surface area (Å²) in [5, 5.41) is 29.5. The molecule has 0 saturated heterocycles. The fourth-order valence-corrected chi connectivity index (χ4v) is 6.10. The largest absolute Gasteiger partial charge is 0.480 e. The van der Waals surface area contributed by atoms with Crippen molar-refractivity contribution in [3.05, 3.63) is 108 Å². The number of aliphatic hydroxyl groups is 1. The molecule has 4 atom stereocenters. The zero-order chi connectivity index (χ0) is 34.5. The van der Waals surface area contributed by atoms with Gasteiger partial charge >= 0.3 is 5.97 Å². The fraction of sp³-hybridized carbons (Fsp3) is 0.222. The summed E-state index contributed by atoms with van der Waals surface area (Å²) in [6.45, 7) is -0.845. The van der Waals surface area contributed by atoms with Gasteiger partial charge in [0.2, 0.25) is 17.7 Å². The second kappa shape index (κ2) is 14.5. The number of rotatable bonds is 14. The maximum atomic E-state index is 14.1. The van der Waals surface area contributed by atoms with Crippen molar-refractivity contribution in [2.75, 3.05) is 6.61 Å². The number of hydrogen-bond acceptors (Lipinski definition) is 6. The van der Waals surface area contributed by atoms with Gasteiger partial charge in [-0.2, -0.15) is 0 Å². The van der Waals surface area contributed by atoms with Gasteiger partial charge in [-0.25, -0.2) is 4.79 Å². The Hall–Kier alpha value is -5.92. The topological polar surface area (TPSA) is 218 Å². The van der Waals surface area contributed by atoms with Crippen molar-refractivity contribution in [2.24, 2.45) is 5.73 Å². The minimum absolute atomic E-state index is 0.00676. The zero-order valence-corrected chi connectivity index (χ0v) is 26.4. The molecule has 10 N–H and O–H groups in total. The van der Waals surface area contributed by atoms with E-state index in [4.69, 9.17) is 5.73 Å². The van der Waals surface area contributed by atoms with E-state index in [2.05, 4.69) is 30.9 Å². The summed E-state index contributed by atoms with van der Waals surface area (Å²) < 4.78 is 0. The number of fused-ring (bicyclic) bond motifs is 3. The molecule has 6 aromatic rings. The van der Waals surface area contributed by atoms with Crippen molar-refractivity contribution in [3.63, 3.8) is 0 Å². The number of nitrogens with two attached hydrogens (primary N) is 1. The van der Waals surface area contributed by atoms with Gasteiger partial charge in [-0.1, -0.05) is 54.6 Å². The van der Waals surface area contributed by atoms with Crippen molar-refractivity contribution in [2.45, 2.75) is 43.4 Å². The molecule has 0 saturated carbocycles. The summed E-state index contributed by atoms with van der Waals surface area (Å²) in [6, 6.07) is 17.6. The highest BCUT2D eigenvalue weighted by Gasteiger charge is 2.31. The van der Waals surface area contributed by atoms with Crippen LogP contribution in [0.25, 0.3) is 32.7 Å². The van der Waals surface area contributed by atoms with Crippen LogP contribution in [0.15, 0.2) is 91.4 Å². The highest BCUT2D eigenvalue weighted by atomic mass is 16.4. The van der Waals surface area contributed by atoms with E-state index in [9.17, 15) is 29.4 Å². The summed E-state index contributed by atoms with van der Waals surface area (Å²) in [4.78, 5) is 62.3. The number of H-pyrrole nitrogens is 3. The molecule has 252 valence electrons. The van der Waals surface area contributed by atoms with Crippen LogP contribution in [-0.2, 0) is 38.4 Å². The van der Waals surface area contributed by atoms with Crippen molar-refractivity contribution < 1.29 is 29.4 Å². The maximum absolute atomic E-state index is 14.1. The van der Waals surface area contributed by atoms with Crippen LogP contribution < -0.4 is 21.7 Å². The first-order chi connectivity index (χ1) is 23.7. The molecular weight excluding hydrogens is 626 g/mol. The van der Waals surface area contributed by atoms with Crippen molar-refractivity contribution >= 4 is 56.4 Å². The summed E-state index contributed by atoms with van der Waals surface area (Å²) in [5.41, 5.74) is 11.3. The summed E-state index contributed by atoms with van der Waals surface area (Å²) in [5.74, 6) is -3.47. The average Bonchev–Trinajstić information content (AvgIpc) is 3.83. The number of carboxylic acid groups (broad SMARTS) is 1. The van der Waals surface area contributed by atoms with E-state index in [1.807, 2.05) is 72.8 Å². The molecule has 0 fully saturated rings. The van der Waals surface area contributed by atoms with Gasteiger partial charge in [0.25, 0.3) is 0 Å². The number of hydrogen-bond donors (Lipinski definition) is 9. The van der Waals surface area contributed by atoms with Gasteiger partial charge < -0.3 is 46.8 Å². The van der Waals surface area contributed by atoms with Crippen LogP contribution in [-0.4, -0.2) is 79.6 Å². The Morgan fingerprint density at radius 2 is 0.939 bits per heavy atom. The molecule has 4 unspecified atom stereocenters. The van der Waals surface area contributed by atoms with Gasteiger partial charge in [0.15, 0.2) is 0 Å². The number of aliphatic carboxylic acids is 1. The molecule has 49 heavy (non-hydrogen) atoms. The third-order valence-corrected chi connectivity index (χ3v) is 8.71. The van der Waals surface area contributed by atoms with E-state index in [1.165, 1.54) is 0 Å². The van der Waals surface area contributed by atoms with Gasteiger partial charge in [0, 0.05) is 64.1 Å². The number of aromatic amines is 3. The maximum Gasteiger partial charge on any atom is 0.328 e. The highest BCUT2D eigenvalue weighted by Crippen LogP contribution is 2.22. The molecule has 3 heterocycles. The van der Waals surface area contributed by atoms with Crippen LogP contribution in [0.5, 0.6) is 0 Å². The number of carbonyl (C=O) groups excluding carboxylic acids is 3. The first kappa shape index (κ1) is 33.0. The van der Waals surface area contributed by atoms with E-state index < -0.39 is 54.5 Å². The summed E-state index contributed by atoms with van der Waals surface area (Å²) in [7, 11) is 0. The number of carboxylic acids is 1. The number of aromatic nitrogens is 3. The quantitative estimate of drug-likeness (QED) is 0.0844. The SMILES string of the molecule is NC(Cc1c[nH]c2ccccc12)C(=O)NC(Cc1c[nH]c2ccccc12)C(=O)NC(Cc1c[nH]c2ccccc12)C(=O)NC(CO)C(=O)O. The number of benzene rings is 3. The fourth-order valence-electron chi connectivity index (χ4n) is 6.10. The van der Waals surface area contributed by atoms with Crippen molar-refractivity contribution in [1.82, 2.24) is 30.9 Å². The second-order valence-electron chi connectivity index (χ2n) is 12.0. The third kappa shape index (κ3) is 7.32. The predicted molar refractivity (Wildman–Crippen MR) is 184 cm³/mol. The van der Waals surface area contributed by atoms with E-state index in [0.717, 1.165) is 43.8 Å². The van der Waals surface area contributed by atoms with Gasteiger partial charge in [-0.3, -0.25) is 14.4 Å². The smallest absolute Gasteiger partial charge is 0.328 e. The van der Waals surface area contributed by atoms with Crippen LogP contribution in [0.4, 0.5) is 0 Å². The van der Waals surface area contributed by atoms with Crippen LogP contribution >= 0.6 is 0 Å². The van der Waals surface area contributed by atoms with Crippen LogP contribution in [0.1, 0.15) is 16.7 Å². The molecule has 0 aliphatic carbocycles. The number of amides is 3. The van der Waals surface area contributed by atoms with Gasteiger partial charge in [0.05, 0.1) is 12.6 Å². The molecule has 0 bridgehead atoms. The van der Waals surface area contributed by atoms with Gasteiger partial charge in [0.1, 0.15) is 18.1 Å². The first-order valence-corrected chi connectivity index (χ1v) is 15.9. The molecule has 3 amide bonds. The summed E-state index contributed by atoms with van der Waals surface area (Å²) >= 11 is 0. The molecule has 6 rings (SSSR count). The number of nitrogens with one attached hydrogen (secondary N) is 6. The average molecular weight is 664 g/mol. The lowest BCUT2D eigenvalue weighted by Crippen LogP contribution is -2.58. The van der Waals surface area contributed by atoms with E-state index in [1.54, 1.807) is 18.6 Å². The Morgan fingerprint density at radius 3 is 1.35 bits per heavy atom. The Balaban J connectivity index is 1.27. The van der Waals surface area contributed by atoms with Gasteiger partial charge in [-0.05, 0) is 41.3 Å². The molecule has 0 spiro atoms. The molecule has 0 aliphatic rings. The predicted octanol–water partition coefficient (Wildman–Crippen LogP) is 2.02. The Labute approximate surface area is 280 Å². The zero-order valence-electron chi connectivity index (χ0n) is 26.4. The van der Waals surface area contributed by atoms with E-state index in [0.29, 0.717) is 5.56 Å². The molecule has 13 nitrogen and oxygen atoms in total. The highest BCUT2D eigenvalue weighted by molar-refractivity contribution is 5.96. The normalized spacial score (nSPS) is 13.9. The second-order valence-corrected chi connectivity index (χ2v) is 12.0. The van der Waals surface area contributed by atoms with Crippen LogP contribution in [0.2, 0.25) is 0 Å². The first-order valence-electron chi connectivity index (χ1n) is 15.9. The van der Waals surface area contributed by atoms with Crippen LogP contribution in [0, 0.1) is 0 Å². The van der Waals surface area contributed by atoms with Crippen LogP contribution in [0.3, 0.4) is 0 Å². The Bertz CT molecular complexity index is 2130. The number of carbonyl (C=O) groups is 4. The minimum Gasteiger partial charge on any atom is -0.480 e. The molecule has 0 radical (unpaired) electrons. The Morgan fingerprint density at radius 1 is 0.571 bits per heavy atom. The van der Waals surface area contributed by atoms with Crippen molar-refractivity contribution in [3.8, 4) is 0 Å². The molecule has 0 aliphatic heterocycles. The molecule has 3 aromatic carbocycles. The van der Waals surface area contributed by atoms with Crippen molar-refractivity contribution in [1.29, 1.82) is 0 Å². The summed E-state index contributed by atoms with van der Waals surface area (Å²) in [6.07, 6.45) is 5.55. The molecular formula is C36H37N7O6. The minimum atomic E-state index is -1.58. The number of aliphatic hydroxyl groups excluding tert-OH is 1. The molecule has 3 aromatic heterocycles. The van der Waals surface area contributed by atoms with E-state index in [-0.39, 0.29) is 19.3 Å². The monoisotopic (exact) mass is 663 g/mol. The Kier molecular flexibility index (Phi) is 9.74. The lowest BCUT2D eigenvalue weighted by Gasteiger charge is -2.25. The lowest BCUT2D eigenvalue weighted by atomic mass is 10.0. The molecule has 13 heteroatoms.